The van der Waals surface area contributed by atoms with Crippen molar-refractivity contribution in [2.45, 2.75) is 12.5 Å². The first-order valence-electron chi connectivity index (χ1n) is 6.25. The molecule has 0 aliphatic carbocycles. The average Bonchev–Trinajstić information content (AvgIpc) is 2.44. The fraction of sp³-hybridized carbons (Fsp3) is 0.133. The number of hydrogen-bond acceptors (Lipinski definition) is 3. The van der Waals surface area contributed by atoms with Crippen LogP contribution in [0.2, 0.25) is 10.0 Å². The molecule has 0 aromatic heterocycles. The zero-order valence-electron chi connectivity index (χ0n) is 11.0. The molecule has 0 saturated carbocycles. The maximum atomic E-state index is 12.0. The highest BCUT2D eigenvalue weighted by molar-refractivity contribution is 6.36. The third kappa shape index (κ3) is 4.36. The number of hydrogen-bond donors (Lipinski definition) is 3. The fourth-order valence-corrected chi connectivity index (χ4v) is 2.25. The molecule has 21 heavy (non-hydrogen) atoms. The summed E-state index contributed by atoms with van der Waals surface area (Å²) in [5.41, 5.74) is 7.20. The van der Waals surface area contributed by atoms with Gasteiger partial charge in [0.05, 0.1) is 16.8 Å². The van der Waals surface area contributed by atoms with E-state index in [1.807, 2.05) is 0 Å². The van der Waals surface area contributed by atoms with Gasteiger partial charge in [0, 0.05) is 5.02 Å². The number of rotatable bonds is 4. The van der Waals surface area contributed by atoms with Crippen molar-refractivity contribution in [2.75, 3.05) is 5.32 Å². The summed E-state index contributed by atoms with van der Waals surface area (Å²) in [6, 6.07) is 10.6. The van der Waals surface area contributed by atoms with Gasteiger partial charge in [-0.15, -0.1) is 0 Å². The lowest BCUT2D eigenvalue weighted by molar-refractivity contribution is -0.117. The zero-order chi connectivity index (χ0) is 15.4. The molecule has 2 rings (SSSR count). The zero-order valence-corrected chi connectivity index (χ0v) is 12.5. The quantitative estimate of drug-likeness (QED) is 0.808. The first-order chi connectivity index (χ1) is 9.95. The Bertz CT molecular complexity index is 645. The van der Waals surface area contributed by atoms with Crippen molar-refractivity contribution >= 4 is 34.8 Å². The highest BCUT2D eigenvalue weighted by atomic mass is 35.5. The molecule has 0 bridgehead atoms. The molecule has 0 unspecified atom stereocenters. The maximum absolute atomic E-state index is 12.0. The lowest BCUT2D eigenvalue weighted by Gasteiger charge is -2.13. The highest BCUT2D eigenvalue weighted by Gasteiger charge is 2.15. The topological polar surface area (TPSA) is 75.3 Å². The number of benzene rings is 2. The van der Waals surface area contributed by atoms with Crippen LogP contribution in [0.15, 0.2) is 42.5 Å². The standard InChI is InChI=1S/C15H14Cl2N2O2/c16-10-3-6-14(12(17)8-10)19-15(21)13(18)7-9-1-4-11(20)5-2-9/h1-6,8,13,20H,7,18H2,(H,19,21)/t13-/m1/s1. The van der Waals surface area contributed by atoms with Crippen molar-refractivity contribution in [1.29, 1.82) is 0 Å². The van der Waals surface area contributed by atoms with E-state index >= 15 is 0 Å². The number of aromatic hydroxyl groups is 1. The van der Waals surface area contributed by atoms with Gasteiger partial charge in [-0.25, -0.2) is 0 Å². The van der Waals surface area contributed by atoms with Crippen molar-refractivity contribution in [3.05, 3.63) is 58.1 Å². The van der Waals surface area contributed by atoms with Gasteiger partial charge in [0.15, 0.2) is 0 Å². The van der Waals surface area contributed by atoms with Crippen LogP contribution in [0.1, 0.15) is 5.56 Å². The van der Waals surface area contributed by atoms with Gasteiger partial charge in [-0.3, -0.25) is 4.79 Å². The van der Waals surface area contributed by atoms with Crippen molar-refractivity contribution in [1.82, 2.24) is 0 Å². The molecule has 1 atom stereocenters. The molecule has 0 spiro atoms. The van der Waals surface area contributed by atoms with E-state index in [1.165, 1.54) is 0 Å². The number of amides is 1. The normalized spacial score (nSPS) is 12.0. The number of halogens is 2. The molecule has 0 aliphatic heterocycles. The molecule has 0 radical (unpaired) electrons. The Morgan fingerprint density at radius 1 is 1.19 bits per heavy atom. The number of carbonyl (C=O) groups is 1. The summed E-state index contributed by atoms with van der Waals surface area (Å²) in [6.07, 6.45) is 0.358. The molecule has 0 aliphatic rings. The van der Waals surface area contributed by atoms with Gasteiger partial charge in [0.2, 0.25) is 5.91 Å². The molecule has 0 heterocycles. The second-order valence-electron chi connectivity index (χ2n) is 4.59. The van der Waals surface area contributed by atoms with Gasteiger partial charge in [-0.05, 0) is 42.3 Å². The Morgan fingerprint density at radius 2 is 1.86 bits per heavy atom. The smallest absolute Gasteiger partial charge is 0.241 e. The SMILES string of the molecule is N[C@H](Cc1ccc(O)cc1)C(=O)Nc1ccc(Cl)cc1Cl. The summed E-state index contributed by atoms with van der Waals surface area (Å²) in [4.78, 5) is 12.0. The Kier molecular flexibility index (Phi) is 5.07. The van der Waals surface area contributed by atoms with Crippen LogP contribution in [0.5, 0.6) is 5.75 Å². The third-order valence-electron chi connectivity index (χ3n) is 2.92. The molecule has 2 aromatic rings. The third-order valence-corrected chi connectivity index (χ3v) is 3.47. The van der Waals surface area contributed by atoms with Crippen LogP contribution in [0, 0.1) is 0 Å². The Balaban J connectivity index is 2.00. The molecule has 0 fully saturated rings. The fourth-order valence-electron chi connectivity index (χ4n) is 1.79. The van der Waals surface area contributed by atoms with Crippen molar-refractivity contribution in [3.8, 4) is 5.75 Å². The van der Waals surface area contributed by atoms with Gasteiger partial charge in [0.25, 0.3) is 0 Å². The molecule has 4 nitrogen and oxygen atoms in total. The van der Waals surface area contributed by atoms with Crippen LogP contribution in [0.4, 0.5) is 5.69 Å². The van der Waals surface area contributed by atoms with Gasteiger partial charge >= 0.3 is 0 Å². The predicted octanol–water partition coefficient (Wildman–Crippen LogP) is 3.21. The Hall–Kier alpha value is -1.75. The molecule has 1 amide bonds. The number of nitrogens with two attached hydrogens (primary N) is 1. The van der Waals surface area contributed by atoms with Crippen molar-refractivity contribution < 1.29 is 9.90 Å². The van der Waals surface area contributed by atoms with E-state index < -0.39 is 6.04 Å². The molecule has 0 saturated heterocycles. The summed E-state index contributed by atoms with van der Waals surface area (Å²) in [5.74, 6) is -0.169. The van der Waals surface area contributed by atoms with Gasteiger partial charge in [-0.1, -0.05) is 35.3 Å². The Labute approximate surface area is 132 Å². The van der Waals surface area contributed by atoms with E-state index in [2.05, 4.69) is 5.32 Å². The number of nitrogens with one attached hydrogen (secondary N) is 1. The largest absolute Gasteiger partial charge is 0.508 e. The van der Waals surface area contributed by atoms with E-state index in [0.717, 1.165) is 5.56 Å². The molecule has 110 valence electrons. The summed E-state index contributed by atoms with van der Waals surface area (Å²) in [6.45, 7) is 0. The molecule has 6 heteroatoms. The Morgan fingerprint density at radius 3 is 2.48 bits per heavy atom. The minimum atomic E-state index is -0.721. The number of phenols is 1. The lowest BCUT2D eigenvalue weighted by Crippen LogP contribution is -2.37. The molecule has 2 aromatic carbocycles. The summed E-state index contributed by atoms with van der Waals surface area (Å²) < 4.78 is 0. The first kappa shape index (κ1) is 15.6. The van der Waals surface area contributed by atoms with Gasteiger partial charge < -0.3 is 16.2 Å². The summed E-state index contributed by atoms with van der Waals surface area (Å²) in [7, 11) is 0. The van der Waals surface area contributed by atoms with Crippen molar-refractivity contribution in [2.24, 2.45) is 5.73 Å². The number of carbonyl (C=O) groups excluding carboxylic acids is 1. The van der Waals surface area contributed by atoms with Crippen LogP contribution in [0.3, 0.4) is 0 Å². The average molecular weight is 325 g/mol. The second-order valence-corrected chi connectivity index (χ2v) is 5.43. The first-order valence-corrected chi connectivity index (χ1v) is 7.00. The van der Waals surface area contributed by atoms with Crippen LogP contribution >= 0.6 is 23.2 Å². The minimum absolute atomic E-state index is 0.171. The molecular formula is C15H14Cl2N2O2. The van der Waals surface area contributed by atoms with Gasteiger partial charge in [-0.2, -0.15) is 0 Å². The van der Waals surface area contributed by atoms with E-state index in [4.69, 9.17) is 28.9 Å². The van der Waals surface area contributed by atoms with E-state index in [-0.39, 0.29) is 11.7 Å². The number of anilines is 1. The lowest BCUT2D eigenvalue weighted by atomic mass is 10.1. The maximum Gasteiger partial charge on any atom is 0.241 e. The minimum Gasteiger partial charge on any atom is -0.508 e. The van der Waals surface area contributed by atoms with Crippen LogP contribution in [-0.4, -0.2) is 17.1 Å². The van der Waals surface area contributed by atoms with Crippen LogP contribution < -0.4 is 11.1 Å². The molecular weight excluding hydrogens is 311 g/mol. The van der Waals surface area contributed by atoms with E-state index in [9.17, 15) is 9.90 Å². The summed E-state index contributed by atoms with van der Waals surface area (Å²) >= 11 is 11.8. The van der Waals surface area contributed by atoms with Crippen molar-refractivity contribution in [3.63, 3.8) is 0 Å². The predicted molar refractivity (Wildman–Crippen MR) is 84.9 cm³/mol. The monoisotopic (exact) mass is 324 g/mol. The number of phenolic OH excluding ortho intramolecular Hbond substituents is 1. The van der Waals surface area contributed by atoms with E-state index in [0.29, 0.717) is 22.2 Å². The second kappa shape index (κ2) is 6.80. The van der Waals surface area contributed by atoms with Gasteiger partial charge in [0.1, 0.15) is 5.75 Å². The molecule has 4 N–H and O–H groups in total. The van der Waals surface area contributed by atoms with Crippen LogP contribution in [-0.2, 0) is 11.2 Å². The summed E-state index contributed by atoms with van der Waals surface area (Å²) in [5, 5.41) is 12.7. The van der Waals surface area contributed by atoms with E-state index in [1.54, 1.807) is 42.5 Å². The van der Waals surface area contributed by atoms with Crippen LogP contribution in [0.25, 0.3) is 0 Å². The highest BCUT2D eigenvalue weighted by Crippen LogP contribution is 2.25.